The van der Waals surface area contributed by atoms with Crippen molar-refractivity contribution in [1.29, 1.82) is 0 Å². The Kier molecular flexibility index (Phi) is 3.01. The fourth-order valence-corrected chi connectivity index (χ4v) is 1.87. The summed E-state index contributed by atoms with van der Waals surface area (Å²) in [6.07, 6.45) is 2.13. The molecule has 0 atom stereocenters. The highest BCUT2D eigenvalue weighted by Crippen LogP contribution is 2.37. The molecule has 14 heavy (non-hydrogen) atoms. The summed E-state index contributed by atoms with van der Waals surface area (Å²) in [7, 11) is 1.99. The van der Waals surface area contributed by atoms with Gasteiger partial charge in [-0.1, -0.05) is 43.4 Å². The molecule has 0 bridgehead atoms. The summed E-state index contributed by atoms with van der Waals surface area (Å²) >= 11 is 2.47. The van der Waals surface area contributed by atoms with Gasteiger partial charge >= 0.3 is 0 Å². The van der Waals surface area contributed by atoms with E-state index in [0.717, 1.165) is 0 Å². The Labute approximate surface area is 100 Å². The molecule has 2 nitrogen and oxygen atoms in total. The molecule has 0 aromatic carbocycles. The van der Waals surface area contributed by atoms with Crippen LogP contribution < -0.4 is 0 Å². The maximum atomic E-state index is 4.56. The fourth-order valence-electron chi connectivity index (χ4n) is 1.48. The number of hydrogen-bond acceptors (Lipinski definition) is 1. The Bertz CT molecular complexity index is 295. The number of halogens is 1. The lowest BCUT2D eigenvalue weighted by molar-refractivity contribution is 0.543. The van der Waals surface area contributed by atoms with Gasteiger partial charge in [0.05, 0.1) is 5.69 Å². The Hall–Kier alpha value is -0.0600. The molecule has 0 saturated heterocycles. The second-order valence-electron chi connectivity index (χ2n) is 5.29. The molecule has 0 saturated carbocycles. The van der Waals surface area contributed by atoms with Crippen molar-refractivity contribution in [2.75, 3.05) is 0 Å². The molecule has 0 aliphatic rings. The lowest BCUT2D eigenvalue weighted by atomic mass is 9.86. The minimum absolute atomic E-state index is 0.124. The van der Waals surface area contributed by atoms with Gasteiger partial charge in [0.25, 0.3) is 0 Å². The molecule has 0 aliphatic carbocycles. The van der Waals surface area contributed by atoms with Crippen LogP contribution in [-0.4, -0.2) is 9.78 Å². The van der Waals surface area contributed by atoms with Gasteiger partial charge in [-0.25, -0.2) is 0 Å². The van der Waals surface area contributed by atoms with Crippen molar-refractivity contribution in [3.8, 4) is 0 Å². The number of nitrogens with zero attached hydrogens (tertiary/aromatic N) is 2. The van der Waals surface area contributed by atoms with Gasteiger partial charge in [-0.15, -0.1) is 0 Å². The Morgan fingerprint density at radius 2 is 1.71 bits per heavy atom. The van der Waals surface area contributed by atoms with Crippen molar-refractivity contribution < 1.29 is 0 Å². The molecule has 0 amide bonds. The minimum Gasteiger partial charge on any atom is -0.275 e. The van der Waals surface area contributed by atoms with Gasteiger partial charge in [0, 0.05) is 27.6 Å². The Morgan fingerprint density at radius 1 is 1.21 bits per heavy atom. The predicted octanol–water partition coefficient (Wildman–Crippen LogP) is 3.39. The molecule has 1 aromatic heterocycles. The van der Waals surface area contributed by atoms with E-state index in [1.54, 1.807) is 0 Å². The Balaban J connectivity index is 3.31. The summed E-state index contributed by atoms with van der Waals surface area (Å²) in [6.45, 7) is 11.1. The van der Waals surface area contributed by atoms with Crippen molar-refractivity contribution in [2.45, 2.75) is 43.5 Å². The second-order valence-corrected chi connectivity index (χ2v) is 7.98. The molecule has 1 rings (SSSR count). The summed E-state index contributed by atoms with van der Waals surface area (Å²) < 4.78 is 2.06. The van der Waals surface area contributed by atoms with E-state index in [0.29, 0.717) is 0 Å². The number of alkyl halides is 1. The van der Waals surface area contributed by atoms with Crippen LogP contribution in [-0.2, 0) is 15.9 Å². The van der Waals surface area contributed by atoms with Gasteiger partial charge < -0.3 is 0 Å². The van der Waals surface area contributed by atoms with E-state index in [1.165, 1.54) is 11.3 Å². The first-order valence-corrected chi connectivity index (χ1v) is 5.94. The number of rotatable bonds is 1. The maximum absolute atomic E-state index is 4.56. The highest BCUT2D eigenvalue weighted by molar-refractivity contribution is 14.1. The zero-order chi connectivity index (χ0) is 11.1. The van der Waals surface area contributed by atoms with E-state index in [2.05, 4.69) is 68.5 Å². The quantitative estimate of drug-likeness (QED) is 0.574. The molecule has 3 heteroatoms. The van der Waals surface area contributed by atoms with Crippen molar-refractivity contribution in [1.82, 2.24) is 9.78 Å². The Morgan fingerprint density at radius 3 is 2.00 bits per heavy atom. The first-order valence-electron chi connectivity index (χ1n) is 4.86. The lowest BCUT2D eigenvalue weighted by Crippen LogP contribution is -2.19. The third-order valence-electron chi connectivity index (χ3n) is 2.18. The zero-order valence-corrected chi connectivity index (χ0v) is 12.0. The van der Waals surface area contributed by atoms with Crippen LogP contribution >= 0.6 is 22.6 Å². The normalized spacial score (nSPS) is 13.4. The fraction of sp³-hybridized carbons (Fsp3) is 0.727. The highest BCUT2D eigenvalue weighted by Gasteiger charge is 2.29. The average molecular weight is 306 g/mol. The number of aryl methyl sites for hydroxylation is 1. The van der Waals surface area contributed by atoms with Crippen molar-refractivity contribution in [3.63, 3.8) is 0 Å². The molecule has 1 heterocycles. The van der Waals surface area contributed by atoms with Crippen LogP contribution in [0.5, 0.6) is 0 Å². The summed E-state index contributed by atoms with van der Waals surface area (Å²) in [5, 5.41) is 4.56. The topological polar surface area (TPSA) is 17.8 Å². The van der Waals surface area contributed by atoms with Crippen molar-refractivity contribution in [2.24, 2.45) is 7.05 Å². The van der Waals surface area contributed by atoms with Crippen LogP contribution in [0, 0.1) is 0 Å². The van der Waals surface area contributed by atoms with E-state index in [9.17, 15) is 0 Å². The van der Waals surface area contributed by atoms with Crippen LogP contribution in [0.25, 0.3) is 0 Å². The van der Waals surface area contributed by atoms with E-state index in [4.69, 9.17) is 0 Å². The van der Waals surface area contributed by atoms with Crippen LogP contribution in [0.15, 0.2) is 6.20 Å². The molecular formula is C11H19IN2. The van der Waals surface area contributed by atoms with E-state index in [-0.39, 0.29) is 8.84 Å². The van der Waals surface area contributed by atoms with E-state index in [1.807, 2.05) is 11.7 Å². The zero-order valence-electron chi connectivity index (χ0n) is 9.85. The van der Waals surface area contributed by atoms with Crippen LogP contribution in [0.2, 0.25) is 0 Å². The molecule has 0 unspecified atom stereocenters. The maximum Gasteiger partial charge on any atom is 0.0723 e. The summed E-state index contributed by atoms with van der Waals surface area (Å²) in [5.41, 5.74) is 2.67. The van der Waals surface area contributed by atoms with Gasteiger partial charge in [0.15, 0.2) is 0 Å². The average Bonchev–Trinajstić information content (AvgIpc) is 2.27. The molecule has 80 valence electrons. The predicted molar refractivity (Wildman–Crippen MR) is 69.0 cm³/mol. The number of aromatic nitrogens is 2. The SMILES string of the molecule is Cn1cc(C(C)(C)I)c(C(C)(C)C)n1. The highest BCUT2D eigenvalue weighted by atomic mass is 127. The second kappa shape index (κ2) is 3.51. The molecule has 0 fully saturated rings. The first kappa shape index (κ1) is 12.0. The standard InChI is InChI=1S/C11H19IN2/c1-10(2,3)9-8(11(4,5)12)7-14(6)13-9/h7H,1-6H3. The largest absolute Gasteiger partial charge is 0.275 e. The third kappa shape index (κ3) is 2.49. The van der Waals surface area contributed by atoms with E-state index >= 15 is 0 Å². The van der Waals surface area contributed by atoms with Crippen LogP contribution in [0.1, 0.15) is 45.9 Å². The van der Waals surface area contributed by atoms with Crippen molar-refractivity contribution in [3.05, 3.63) is 17.5 Å². The molecule has 0 aliphatic heterocycles. The molecular weight excluding hydrogens is 287 g/mol. The monoisotopic (exact) mass is 306 g/mol. The third-order valence-corrected chi connectivity index (χ3v) is 2.76. The molecule has 0 N–H and O–H groups in total. The summed E-state index contributed by atoms with van der Waals surface area (Å²) in [6, 6.07) is 0. The van der Waals surface area contributed by atoms with Gasteiger partial charge in [-0.2, -0.15) is 5.10 Å². The molecule has 1 aromatic rings. The number of hydrogen-bond donors (Lipinski definition) is 0. The van der Waals surface area contributed by atoms with Gasteiger partial charge in [0.1, 0.15) is 0 Å². The van der Waals surface area contributed by atoms with Gasteiger partial charge in [0.2, 0.25) is 0 Å². The lowest BCUT2D eigenvalue weighted by Gasteiger charge is -2.23. The van der Waals surface area contributed by atoms with Crippen molar-refractivity contribution >= 4 is 22.6 Å². The van der Waals surface area contributed by atoms with Gasteiger partial charge in [-0.05, 0) is 13.8 Å². The smallest absolute Gasteiger partial charge is 0.0723 e. The van der Waals surface area contributed by atoms with Crippen LogP contribution in [0.4, 0.5) is 0 Å². The minimum atomic E-state index is 0.124. The molecule has 0 radical (unpaired) electrons. The van der Waals surface area contributed by atoms with Gasteiger partial charge in [-0.3, -0.25) is 4.68 Å². The van der Waals surface area contributed by atoms with E-state index < -0.39 is 0 Å². The first-order chi connectivity index (χ1) is 6.12. The van der Waals surface area contributed by atoms with Crippen LogP contribution in [0.3, 0.4) is 0 Å². The molecule has 0 spiro atoms. The summed E-state index contributed by atoms with van der Waals surface area (Å²) in [5.74, 6) is 0. The summed E-state index contributed by atoms with van der Waals surface area (Å²) in [4.78, 5) is 0.